The van der Waals surface area contributed by atoms with Gasteiger partial charge < -0.3 is 19.8 Å². The van der Waals surface area contributed by atoms with Gasteiger partial charge in [0.25, 0.3) is 0 Å². The van der Waals surface area contributed by atoms with Crippen molar-refractivity contribution in [1.82, 2.24) is 5.32 Å². The molecule has 3 unspecified atom stereocenters. The molecule has 462 valence electrons. The van der Waals surface area contributed by atoms with Crippen molar-refractivity contribution in [3.8, 4) is 0 Å². The van der Waals surface area contributed by atoms with Crippen LogP contribution in [-0.2, 0) is 18.4 Å². The summed E-state index contributed by atoms with van der Waals surface area (Å²) in [5.41, 5.74) is 0. The smallest absolute Gasteiger partial charge is 0.387 e. The number of hydrogen-bond donors (Lipinski definition) is 3. The summed E-state index contributed by atoms with van der Waals surface area (Å²) in [7, 11) is 1.56. The van der Waals surface area contributed by atoms with E-state index in [1.165, 1.54) is 231 Å². The van der Waals surface area contributed by atoms with E-state index in [1.54, 1.807) is 6.08 Å². The summed E-state index contributed by atoms with van der Waals surface area (Å²) in [6, 6.07) is -0.867. The van der Waals surface area contributed by atoms with Crippen LogP contribution >= 0.6 is 7.82 Å². The first-order valence-electron chi connectivity index (χ1n) is 33.8. The molecule has 0 saturated heterocycles. The number of quaternary nitrogens is 1. The van der Waals surface area contributed by atoms with Crippen molar-refractivity contribution in [2.75, 3.05) is 40.9 Å². The highest BCUT2D eigenvalue weighted by molar-refractivity contribution is 7.47. The third-order valence-electron chi connectivity index (χ3n) is 15.2. The molecule has 0 aromatic heterocycles. The number of phosphoric ester groups is 1. The van der Waals surface area contributed by atoms with Gasteiger partial charge >= 0.3 is 7.82 Å². The predicted molar refractivity (Wildman–Crippen MR) is 346 cm³/mol. The van der Waals surface area contributed by atoms with Crippen molar-refractivity contribution in [3.63, 3.8) is 0 Å². The van der Waals surface area contributed by atoms with E-state index in [1.807, 2.05) is 27.2 Å². The lowest BCUT2D eigenvalue weighted by Crippen LogP contribution is -2.45. The molecule has 0 radical (unpaired) electrons. The van der Waals surface area contributed by atoms with Gasteiger partial charge in [0.05, 0.1) is 39.9 Å². The van der Waals surface area contributed by atoms with E-state index in [2.05, 4.69) is 79.9 Å². The Morgan fingerprint density at radius 3 is 1.16 bits per heavy atom. The molecule has 0 heterocycles. The van der Waals surface area contributed by atoms with E-state index in [9.17, 15) is 19.4 Å². The number of carbonyl (C=O) groups is 1. The van der Waals surface area contributed by atoms with Gasteiger partial charge in [0.15, 0.2) is 0 Å². The number of hydrogen-bond acceptors (Lipinski definition) is 5. The molecule has 0 spiro atoms. The molecule has 0 aromatic carbocycles. The van der Waals surface area contributed by atoms with Gasteiger partial charge in [-0.25, -0.2) is 4.57 Å². The number of nitrogens with zero attached hydrogens (tertiary/aromatic N) is 1. The minimum absolute atomic E-state index is 0.0555. The van der Waals surface area contributed by atoms with Crippen molar-refractivity contribution < 1.29 is 32.9 Å². The standard InChI is InChI=1S/C70H131N2O6P/c1-6-8-10-12-14-16-18-20-22-24-26-28-30-32-34-35-36-37-38-40-42-44-46-48-50-52-54-56-58-60-62-64-70(74)71-68(67-78-79(75,76)77-66-65-72(3,4)5)69(73)63-61-59-57-55-53-51-49-47-45-43-41-39-33-31-29-27-25-23-21-19-17-15-13-11-9-7-2/h8,10,14,16,20,22,26,28,53,55,61,63,68-69,73H,6-7,9,11-13,15,17-19,21,23-25,27,29-52,54,56-60,62,64-67H2,1-5H3,(H-,71,74,75,76)/p+1/b10-8-,16-14-,22-20-,28-26-,55-53+,63-61+. The maximum atomic E-state index is 13.0. The van der Waals surface area contributed by atoms with Gasteiger partial charge in [-0.3, -0.25) is 13.8 Å². The summed E-state index contributed by atoms with van der Waals surface area (Å²) in [6.07, 6.45) is 84.7. The first-order valence-corrected chi connectivity index (χ1v) is 35.3. The van der Waals surface area contributed by atoms with Crippen molar-refractivity contribution in [2.45, 2.75) is 328 Å². The van der Waals surface area contributed by atoms with Crippen LogP contribution in [0.5, 0.6) is 0 Å². The van der Waals surface area contributed by atoms with Gasteiger partial charge in [0, 0.05) is 6.42 Å². The summed E-state index contributed by atoms with van der Waals surface area (Å²) in [5.74, 6) is -0.183. The van der Waals surface area contributed by atoms with Crippen molar-refractivity contribution >= 4 is 13.7 Å². The number of phosphoric acid groups is 1. The molecule has 0 aliphatic carbocycles. The second-order valence-electron chi connectivity index (χ2n) is 24.2. The van der Waals surface area contributed by atoms with Crippen LogP contribution < -0.4 is 5.32 Å². The molecule has 0 aromatic rings. The summed E-state index contributed by atoms with van der Waals surface area (Å²) < 4.78 is 23.8. The third kappa shape index (κ3) is 63.4. The lowest BCUT2D eigenvalue weighted by atomic mass is 10.0. The quantitative estimate of drug-likeness (QED) is 0.0243. The number of aliphatic hydroxyl groups excluding tert-OH is 1. The second kappa shape index (κ2) is 60.5. The molecule has 0 saturated carbocycles. The Balaban J connectivity index is 4.11. The van der Waals surface area contributed by atoms with Crippen LogP contribution in [0, 0.1) is 0 Å². The van der Waals surface area contributed by atoms with Gasteiger partial charge in [-0.1, -0.05) is 311 Å². The highest BCUT2D eigenvalue weighted by Crippen LogP contribution is 2.43. The number of allylic oxidation sites excluding steroid dienone is 11. The van der Waals surface area contributed by atoms with Gasteiger partial charge in [0.1, 0.15) is 13.2 Å². The fraction of sp³-hybridized carbons (Fsp3) is 0.814. The molecule has 9 heteroatoms. The largest absolute Gasteiger partial charge is 0.472 e. The first-order chi connectivity index (χ1) is 38.5. The van der Waals surface area contributed by atoms with Crippen molar-refractivity contribution in [3.05, 3.63) is 72.9 Å². The Morgan fingerprint density at radius 2 is 0.772 bits per heavy atom. The van der Waals surface area contributed by atoms with Crippen LogP contribution in [0.2, 0.25) is 0 Å². The fourth-order valence-electron chi connectivity index (χ4n) is 9.94. The fourth-order valence-corrected chi connectivity index (χ4v) is 10.7. The van der Waals surface area contributed by atoms with E-state index < -0.39 is 20.0 Å². The molecule has 3 atom stereocenters. The SMILES string of the molecule is CC/C=C\C/C=C\C/C=C\C/C=C\CCCCCCCCCCCCCCCCCCCCC(=O)NC(COP(=O)(O)OCC[N+](C)(C)C)C(O)/C=C/CC/C=C/CCCCCCCCCCCCCCCCCCCCCC. The third-order valence-corrected chi connectivity index (χ3v) is 16.1. The lowest BCUT2D eigenvalue weighted by Gasteiger charge is -2.25. The van der Waals surface area contributed by atoms with Crippen LogP contribution in [0.3, 0.4) is 0 Å². The highest BCUT2D eigenvalue weighted by Gasteiger charge is 2.28. The van der Waals surface area contributed by atoms with E-state index in [4.69, 9.17) is 9.05 Å². The van der Waals surface area contributed by atoms with E-state index in [0.29, 0.717) is 17.4 Å². The molecule has 3 N–H and O–H groups in total. The number of unbranched alkanes of at least 4 members (excludes halogenated alkanes) is 39. The van der Waals surface area contributed by atoms with Crippen LogP contribution in [0.4, 0.5) is 0 Å². The number of amides is 1. The Hall–Kier alpha value is -2.06. The summed E-state index contributed by atoms with van der Waals surface area (Å²) in [6.45, 7) is 4.72. The molecule has 0 fully saturated rings. The van der Waals surface area contributed by atoms with Crippen LogP contribution in [0.15, 0.2) is 72.9 Å². The minimum atomic E-state index is -4.36. The van der Waals surface area contributed by atoms with E-state index in [0.717, 1.165) is 64.2 Å². The number of rotatable bonds is 62. The second-order valence-corrected chi connectivity index (χ2v) is 25.6. The molecular weight excluding hydrogens is 996 g/mol. The molecule has 79 heavy (non-hydrogen) atoms. The predicted octanol–water partition coefficient (Wildman–Crippen LogP) is 21.4. The first kappa shape index (κ1) is 76.9. The Labute approximate surface area is 491 Å². The maximum absolute atomic E-state index is 13.0. The van der Waals surface area contributed by atoms with Gasteiger partial charge in [-0.05, 0) is 70.6 Å². The van der Waals surface area contributed by atoms with Gasteiger partial charge in [0.2, 0.25) is 5.91 Å². The lowest BCUT2D eigenvalue weighted by molar-refractivity contribution is -0.870. The molecule has 0 rings (SSSR count). The number of carbonyl (C=O) groups excluding carboxylic acids is 1. The van der Waals surface area contributed by atoms with E-state index in [-0.39, 0.29) is 19.1 Å². The maximum Gasteiger partial charge on any atom is 0.472 e. The zero-order chi connectivity index (χ0) is 57.7. The minimum Gasteiger partial charge on any atom is -0.387 e. The molecule has 8 nitrogen and oxygen atoms in total. The number of nitrogens with one attached hydrogen (secondary N) is 1. The topological polar surface area (TPSA) is 105 Å². The molecule has 0 bridgehead atoms. The molecule has 0 aliphatic rings. The monoisotopic (exact) mass is 1130 g/mol. The normalized spacial score (nSPS) is 14.2. The zero-order valence-electron chi connectivity index (χ0n) is 52.9. The van der Waals surface area contributed by atoms with Gasteiger partial charge in [-0.2, -0.15) is 0 Å². The number of aliphatic hydroxyl groups is 1. The zero-order valence-corrected chi connectivity index (χ0v) is 53.8. The van der Waals surface area contributed by atoms with Crippen LogP contribution in [0.25, 0.3) is 0 Å². The summed E-state index contributed by atoms with van der Waals surface area (Å²) in [4.78, 5) is 23.4. The molecule has 0 aliphatic heterocycles. The Kier molecular flexibility index (Phi) is 59.0. The average molecular weight is 1130 g/mol. The molecule has 1 amide bonds. The van der Waals surface area contributed by atoms with Crippen LogP contribution in [0.1, 0.15) is 316 Å². The number of likely N-dealkylation sites (N-methyl/N-ethyl adjacent to an activating group) is 1. The van der Waals surface area contributed by atoms with Crippen molar-refractivity contribution in [2.24, 2.45) is 0 Å². The average Bonchev–Trinajstić information content (AvgIpc) is 3.42. The van der Waals surface area contributed by atoms with E-state index >= 15 is 0 Å². The summed E-state index contributed by atoms with van der Waals surface area (Å²) >= 11 is 0. The Morgan fingerprint density at radius 1 is 0.443 bits per heavy atom. The molecular formula is C70H132N2O6P+. The van der Waals surface area contributed by atoms with Crippen LogP contribution in [-0.4, -0.2) is 73.4 Å². The van der Waals surface area contributed by atoms with Crippen molar-refractivity contribution in [1.29, 1.82) is 0 Å². The Bertz CT molecular complexity index is 1520. The highest BCUT2D eigenvalue weighted by atomic mass is 31.2. The summed E-state index contributed by atoms with van der Waals surface area (Å²) in [5, 5.41) is 14.0. The van der Waals surface area contributed by atoms with Gasteiger partial charge in [-0.15, -0.1) is 0 Å².